The Hall–Kier alpha value is -2.35. The topological polar surface area (TPSA) is 83.2 Å². The summed E-state index contributed by atoms with van der Waals surface area (Å²) in [6.45, 7) is 5.08. The van der Waals surface area contributed by atoms with Gasteiger partial charge in [0.2, 0.25) is 11.8 Å². The van der Waals surface area contributed by atoms with Crippen LogP contribution in [0.2, 0.25) is 0 Å². The Bertz CT molecular complexity index is 736. The highest BCUT2D eigenvalue weighted by Gasteiger charge is 2.37. The molecule has 3 rings (SSSR count). The van der Waals surface area contributed by atoms with Crippen molar-refractivity contribution < 1.29 is 14.3 Å². The summed E-state index contributed by atoms with van der Waals surface area (Å²) < 4.78 is 14.7. The molecule has 0 aliphatic carbocycles. The van der Waals surface area contributed by atoms with Gasteiger partial charge in [0.25, 0.3) is 0 Å². The van der Waals surface area contributed by atoms with E-state index in [4.69, 9.17) is 9.47 Å². The number of nitrogens with one attached hydrogen (secondary N) is 1. The first-order valence-electron chi connectivity index (χ1n) is 8.50. The molecule has 0 saturated carbocycles. The van der Waals surface area contributed by atoms with Crippen LogP contribution in [0, 0.1) is 5.92 Å². The SMILES string of the molecule is COc1nn(C)cc1CNC(=O)[C@@H]1CCO[C@H]1c1ccnn1C(C)C. The van der Waals surface area contributed by atoms with Crippen LogP contribution in [-0.4, -0.2) is 39.2 Å². The third kappa shape index (κ3) is 3.53. The molecule has 0 spiro atoms. The van der Waals surface area contributed by atoms with Gasteiger partial charge in [-0.15, -0.1) is 5.10 Å². The maximum Gasteiger partial charge on any atom is 0.237 e. The Morgan fingerprint density at radius 2 is 2.32 bits per heavy atom. The number of amides is 1. The summed E-state index contributed by atoms with van der Waals surface area (Å²) in [7, 11) is 3.39. The number of aromatic nitrogens is 4. The number of nitrogens with zero attached hydrogens (tertiary/aromatic N) is 4. The summed E-state index contributed by atoms with van der Waals surface area (Å²) in [5, 5.41) is 11.5. The highest BCUT2D eigenvalue weighted by Crippen LogP contribution is 2.35. The molecular weight excluding hydrogens is 322 g/mol. The van der Waals surface area contributed by atoms with Crippen molar-refractivity contribution in [3.05, 3.63) is 29.7 Å². The molecule has 0 aromatic carbocycles. The van der Waals surface area contributed by atoms with Gasteiger partial charge in [0.1, 0.15) is 6.10 Å². The van der Waals surface area contributed by atoms with Crippen LogP contribution >= 0.6 is 0 Å². The molecule has 3 heterocycles. The van der Waals surface area contributed by atoms with Crippen molar-refractivity contribution in [3.8, 4) is 5.88 Å². The van der Waals surface area contributed by atoms with Crippen molar-refractivity contribution in [1.29, 1.82) is 0 Å². The van der Waals surface area contributed by atoms with E-state index in [9.17, 15) is 4.79 Å². The van der Waals surface area contributed by atoms with E-state index in [0.29, 0.717) is 25.5 Å². The Balaban J connectivity index is 1.69. The van der Waals surface area contributed by atoms with Gasteiger partial charge < -0.3 is 14.8 Å². The molecule has 0 unspecified atom stereocenters. The Kier molecular flexibility index (Phi) is 5.08. The molecule has 1 aliphatic rings. The molecule has 2 atom stereocenters. The monoisotopic (exact) mass is 347 g/mol. The summed E-state index contributed by atoms with van der Waals surface area (Å²) >= 11 is 0. The number of methoxy groups -OCH3 is 1. The number of aryl methyl sites for hydroxylation is 1. The number of hydrogen-bond donors (Lipinski definition) is 1. The van der Waals surface area contributed by atoms with Crippen LogP contribution in [0.4, 0.5) is 0 Å². The normalized spacial score (nSPS) is 20.2. The fraction of sp³-hybridized carbons (Fsp3) is 0.588. The number of ether oxygens (including phenoxy) is 2. The van der Waals surface area contributed by atoms with Crippen LogP contribution in [-0.2, 0) is 23.1 Å². The minimum Gasteiger partial charge on any atom is -0.480 e. The van der Waals surface area contributed by atoms with E-state index in [1.165, 1.54) is 0 Å². The summed E-state index contributed by atoms with van der Waals surface area (Å²) in [5.74, 6) is 0.279. The molecule has 0 radical (unpaired) electrons. The van der Waals surface area contributed by atoms with Crippen LogP contribution in [0.5, 0.6) is 5.88 Å². The molecule has 2 aromatic rings. The average Bonchev–Trinajstić information content (AvgIpc) is 3.30. The highest BCUT2D eigenvalue weighted by molar-refractivity contribution is 5.79. The van der Waals surface area contributed by atoms with Crippen molar-refractivity contribution in [2.75, 3.05) is 13.7 Å². The van der Waals surface area contributed by atoms with E-state index in [1.54, 1.807) is 18.0 Å². The van der Waals surface area contributed by atoms with E-state index < -0.39 is 0 Å². The fourth-order valence-corrected chi connectivity index (χ4v) is 3.25. The van der Waals surface area contributed by atoms with Crippen molar-refractivity contribution >= 4 is 5.91 Å². The van der Waals surface area contributed by atoms with Crippen LogP contribution in [0.3, 0.4) is 0 Å². The van der Waals surface area contributed by atoms with E-state index in [2.05, 4.69) is 29.4 Å². The van der Waals surface area contributed by atoms with Crippen LogP contribution in [0.1, 0.15) is 43.7 Å². The number of rotatable bonds is 6. The van der Waals surface area contributed by atoms with Gasteiger partial charge in [-0.05, 0) is 26.3 Å². The maximum absolute atomic E-state index is 12.7. The Morgan fingerprint density at radius 1 is 1.52 bits per heavy atom. The molecular formula is C17H25N5O3. The van der Waals surface area contributed by atoms with Gasteiger partial charge in [0.05, 0.1) is 24.3 Å². The van der Waals surface area contributed by atoms with E-state index in [0.717, 1.165) is 11.3 Å². The van der Waals surface area contributed by atoms with Crippen LogP contribution in [0.15, 0.2) is 18.5 Å². The molecule has 2 aromatic heterocycles. The number of carbonyl (C=O) groups excluding carboxylic acids is 1. The third-order valence-corrected chi connectivity index (χ3v) is 4.42. The first kappa shape index (κ1) is 17.5. The van der Waals surface area contributed by atoms with Gasteiger partial charge in [-0.3, -0.25) is 14.2 Å². The lowest BCUT2D eigenvalue weighted by Gasteiger charge is -2.21. The highest BCUT2D eigenvalue weighted by atomic mass is 16.5. The summed E-state index contributed by atoms with van der Waals surface area (Å²) in [5.41, 5.74) is 1.80. The van der Waals surface area contributed by atoms with E-state index in [-0.39, 0.29) is 24.0 Å². The predicted molar refractivity (Wildman–Crippen MR) is 91.0 cm³/mol. The van der Waals surface area contributed by atoms with Crippen LogP contribution in [0.25, 0.3) is 0 Å². The predicted octanol–water partition coefficient (Wildman–Crippen LogP) is 1.60. The van der Waals surface area contributed by atoms with Crippen molar-refractivity contribution in [3.63, 3.8) is 0 Å². The minimum atomic E-state index is -0.263. The second kappa shape index (κ2) is 7.26. The Morgan fingerprint density at radius 3 is 3.04 bits per heavy atom. The minimum absolute atomic E-state index is 0.0232. The van der Waals surface area contributed by atoms with Crippen molar-refractivity contribution in [2.24, 2.45) is 13.0 Å². The lowest BCUT2D eigenvalue weighted by Crippen LogP contribution is -2.32. The van der Waals surface area contributed by atoms with Gasteiger partial charge in [-0.2, -0.15) is 5.10 Å². The summed E-state index contributed by atoms with van der Waals surface area (Å²) in [6, 6.07) is 2.15. The van der Waals surface area contributed by atoms with E-state index >= 15 is 0 Å². The zero-order valence-electron chi connectivity index (χ0n) is 15.1. The number of carbonyl (C=O) groups is 1. The van der Waals surface area contributed by atoms with Crippen molar-refractivity contribution in [1.82, 2.24) is 24.9 Å². The quantitative estimate of drug-likeness (QED) is 0.858. The van der Waals surface area contributed by atoms with E-state index in [1.807, 2.05) is 24.0 Å². The molecule has 25 heavy (non-hydrogen) atoms. The lowest BCUT2D eigenvalue weighted by atomic mass is 9.97. The standard InChI is InChI=1S/C17H25N5O3/c1-11(2)22-14(5-7-19-22)15-13(6-8-25-15)16(23)18-9-12-10-21(3)20-17(12)24-4/h5,7,10-11,13,15H,6,8-9H2,1-4H3,(H,18,23)/t13-,15-/m1/s1. The van der Waals surface area contributed by atoms with Gasteiger partial charge in [-0.1, -0.05) is 0 Å². The van der Waals surface area contributed by atoms with Crippen molar-refractivity contribution in [2.45, 2.75) is 39.0 Å². The smallest absolute Gasteiger partial charge is 0.237 e. The molecule has 1 aliphatic heterocycles. The molecule has 8 nitrogen and oxygen atoms in total. The zero-order chi connectivity index (χ0) is 18.0. The lowest BCUT2D eigenvalue weighted by molar-refractivity contribution is -0.127. The fourth-order valence-electron chi connectivity index (χ4n) is 3.25. The molecule has 1 fully saturated rings. The van der Waals surface area contributed by atoms with Gasteiger partial charge >= 0.3 is 0 Å². The Labute approximate surface area is 147 Å². The summed E-state index contributed by atoms with van der Waals surface area (Å²) in [6.07, 6.45) is 4.03. The molecule has 136 valence electrons. The maximum atomic E-state index is 12.7. The van der Waals surface area contributed by atoms with Gasteiger partial charge in [0, 0.05) is 38.6 Å². The first-order valence-corrected chi connectivity index (χ1v) is 8.50. The molecule has 1 amide bonds. The molecule has 0 bridgehead atoms. The third-order valence-electron chi connectivity index (χ3n) is 4.42. The average molecular weight is 347 g/mol. The second-order valence-corrected chi connectivity index (χ2v) is 6.54. The molecule has 1 saturated heterocycles. The largest absolute Gasteiger partial charge is 0.480 e. The number of hydrogen-bond acceptors (Lipinski definition) is 5. The molecule has 8 heteroatoms. The van der Waals surface area contributed by atoms with Gasteiger partial charge in [0.15, 0.2) is 0 Å². The first-order chi connectivity index (χ1) is 12.0. The second-order valence-electron chi connectivity index (χ2n) is 6.54. The summed E-state index contributed by atoms with van der Waals surface area (Å²) in [4.78, 5) is 12.7. The van der Waals surface area contributed by atoms with Gasteiger partial charge in [-0.25, -0.2) is 0 Å². The molecule has 1 N–H and O–H groups in total. The zero-order valence-corrected chi connectivity index (χ0v) is 15.1. The van der Waals surface area contributed by atoms with Crippen LogP contribution < -0.4 is 10.1 Å².